The van der Waals surface area contributed by atoms with Crippen LogP contribution in [0.2, 0.25) is 0 Å². The number of carbonyl (C=O) groups is 1. The SMILES string of the molecule is Cc1cc(C(=O)COc2cccc([N+](=O)[O-])c2)c(C)s1. The summed E-state index contributed by atoms with van der Waals surface area (Å²) < 4.78 is 5.33. The maximum absolute atomic E-state index is 12.0. The first-order valence-electron chi connectivity index (χ1n) is 5.95. The molecule has 0 aliphatic rings. The predicted molar refractivity (Wildman–Crippen MR) is 76.7 cm³/mol. The molecule has 104 valence electrons. The van der Waals surface area contributed by atoms with E-state index in [0.29, 0.717) is 11.3 Å². The Bertz CT molecular complexity index is 663. The lowest BCUT2D eigenvalue weighted by atomic mass is 10.2. The van der Waals surface area contributed by atoms with E-state index in [9.17, 15) is 14.9 Å². The van der Waals surface area contributed by atoms with Crippen molar-refractivity contribution in [3.05, 3.63) is 55.8 Å². The normalized spacial score (nSPS) is 10.3. The Morgan fingerprint density at radius 2 is 2.10 bits per heavy atom. The molecule has 1 aromatic carbocycles. The van der Waals surface area contributed by atoms with Crippen molar-refractivity contribution >= 4 is 22.8 Å². The Labute approximate surface area is 120 Å². The molecule has 0 N–H and O–H groups in total. The van der Waals surface area contributed by atoms with E-state index < -0.39 is 4.92 Å². The van der Waals surface area contributed by atoms with Gasteiger partial charge in [-0.25, -0.2) is 0 Å². The van der Waals surface area contributed by atoms with Crippen molar-refractivity contribution < 1.29 is 14.5 Å². The molecule has 0 saturated carbocycles. The molecule has 0 atom stereocenters. The van der Waals surface area contributed by atoms with Crippen LogP contribution in [-0.4, -0.2) is 17.3 Å². The zero-order chi connectivity index (χ0) is 14.7. The van der Waals surface area contributed by atoms with Crippen molar-refractivity contribution in [1.29, 1.82) is 0 Å². The van der Waals surface area contributed by atoms with Gasteiger partial charge in [0.05, 0.1) is 11.0 Å². The summed E-state index contributed by atoms with van der Waals surface area (Å²) in [5.41, 5.74) is 0.593. The number of ether oxygens (including phenoxy) is 1. The maximum Gasteiger partial charge on any atom is 0.273 e. The lowest BCUT2D eigenvalue weighted by Crippen LogP contribution is -2.11. The average molecular weight is 291 g/mol. The van der Waals surface area contributed by atoms with E-state index >= 15 is 0 Å². The lowest BCUT2D eigenvalue weighted by molar-refractivity contribution is -0.384. The minimum absolute atomic E-state index is 0.0579. The molecule has 0 aliphatic heterocycles. The lowest BCUT2D eigenvalue weighted by Gasteiger charge is -2.05. The summed E-state index contributed by atoms with van der Waals surface area (Å²) in [5.74, 6) is 0.190. The second kappa shape index (κ2) is 5.83. The van der Waals surface area contributed by atoms with Gasteiger partial charge in [-0.05, 0) is 26.0 Å². The quantitative estimate of drug-likeness (QED) is 0.480. The van der Waals surface area contributed by atoms with E-state index in [1.807, 2.05) is 19.9 Å². The summed E-state index contributed by atoms with van der Waals surface area (Å²) in [7, 11) is 0. The number of hydrogen-bond donors (Lipinski definition) is 0. The molecule has 0 radical (unpaired) electrons. The second-order valence-electron chi connectivity index (χ2n) is 4.29. The number of non-ortho nitro benzene ring substituents is 1. The first kappa shape index (κ1) is 14.2. The van der Waals surface area contributed by atoms with Crippen LogP contribution in [0.4, 0.5) is 5.69 Å². The Morgan fingerprint density at radius 3 is 2.70 bits per heavy atom. The largest absolute Gasteiger partial charge is 0.485 e. The van der Waals surface area contributed by atoms with E-state index in [2.05, 4.69) is 0 Å². The Morgan fingerprint density at radius 1 is 1.35 bits per heavy atom. The summed E-state index contributed by atoms with van der Waals surface area (Å²) in [4.78, 5) is 24.2. The number of nitro groups is 1. The van der Waals surface area contributed by atoms with Crippen molar-refractivity contribution in [2.75, 3.05) is 6.61 Å². The van der Waals surface area contributed by atoms with Crippen LogP contribution in [0, 0.1) is 24.0 Å². The molecule has 1 heterocycles. The van der Waals surface area contributed by atoms with Crippen LogP contribution in [0.3, 0.4) is 0 Å². The number of benzene rings is 1. The van der Waals surface area contributed by atoms with Gasteiger partial charge in [-0.1, -0.05) is 6.07 Å². The molecule has 0 unspecified atom stereocenters. The topological polar surface area (TPSA) is 69.4 Å². The van der Waals surface area contributed by atoms with Crippen molar-refractivity contribution in [3.8, 4) is 5.75 Å². The number of rotatable bonds is 5. The zero-order valence-corrected chi connectivity index (χ0v) is 11.9. The number of thiophene rings is 1. The van der Waals surface area contributed by atoms with Gasteiger partial charge in [0.25, 0.3) is 5.69 Å². The van der Waals surface area contributed by atoms with Crippen LogP contribution in [0.5, 0.6) is 5.75 Å². The van der Waals surface area contributed by atoms with Crippen LogP contribution < -0.4 is 4.74 Å². The fourth-order valence-electron chi connectivity index (χ4n) is 1.82. The van der Waals surface area contributed by atoms with Crippen molar-refractivity contribution in [3.63, 3.8) is 0 Å². The highest BCUT2D eigenvalue weighted by molar-refractivity contribution is 7.12. The highest BCUT2D eigenvalue weighted by Crippen LogP contribution is 2.22. The van der Waals surface area contributed by atoms with E-state index in [-0.39, 0.29) is 18.1 Å². The maximum atomic E-state index is 12.0. The van der Waals surface area contributed by atoms with Crippen molar-refractivity contribution in [2.24, 2.45) is 0 Å². The molecular weight excluding hydrogens is 278 g/mol. The first-order valence-corrected chi connectivity index (χ1v) is 6.76. The van der Waals surface area contributed by atoms with Gasteiger partial charge in [0.2, 0.25) is 5.78 Å². The van der Waals surface area contributed by atoms with Crippen LogP contribution in [0.1, 0.15) is 20.1 Å². The van der Waals surface area contributed by atoms with Crippen molar-refractivity contribution in [1.82, 2.24) is 0 Å². The molecule has 0 spiro atoms. The van der Waals surface area contributed by atoms with Crippen LogP contribution in [0.25, 0.3) is 0 Å². The molecule has 1 aromatic heterocycles. The van der Waals surface area contributed by atoms with Gasteiger partial charge in [-0.3, -0.25) is 14.9 Å². The van der Waals surface area contributed by atoms with Gasteiger partial charge in [0.15, 0.2) is 6.61 Å². The monoisotopic (exact) mass is 291 g/mol. The fourth-order valence-corrected chi connectivity index (χ4v) is 2.76. The van der Waals surface area contributed by atoms with Crippen molar-refractivity contribution in [2.45, 2.75) is 13.8 Å². The highest BCUT2D eigenvalue weighted by Gasteiger charge is 2.13. The number of Topliss-reactive ketones (excluding diaryl/α,β-unsaturated/α-hetero) is 1. The summed E-state index contributed by atoms with van der Waals surface area (Å²) >= 11 is 1.56. The van der Waals surface area contributed by atoms with E-state index in [1.165, 1.54) is 18.2 Å². The standard InChI is InChI=1S/C14H13NO4S/c1-9-6-13(10(2)20-9)14(16)8-19-12-5-3-4-11(7-12)15(17)18/h3-7H,8H2,1-2H3. The molecule has 2 aromatic rings. The average Bonchev–Trinajstić information content (AvgIpc) is 2.75. The fraction of sp³-hybridized carbons (Fsp3) is 0.214. The van der Waals surface area contributed by atoms with E-state index in [4.69, 9.17) is 4.74 Å². The first-order chi connectivity index (χ1) is 9.47. The number of aryl methyl sites for hydroxylation is 2. The highest BCUT2D eigenvalue weighted by atomic mass is 32.1. The minimum Gasteiger partial charge on any atom is -0.485 e. The molecule has 0 bridgehead atoms. The van der Waals surface area contributed by atoms with Crippen LogP contribution >= 0.6 is 11.3 Å². The molecule has 0 fully saturated rings. The van der Waals surface area contributed by atoms with Gasteiger partial charge in [0.1, 0.15) is 5.75 Å². The van der Waals surface area contributed by atoms with Gasteiger partial charge in [-0.15, -0.1) is 11.3 Å². The smallest absolute Gasteiger partial charge is 0.273 e. The summed E-state index contributed by atoms with van der Waals surface area (Å²) in [6.07, 6.45) is 0. The number of carbonyl (C=O) groups excluding carboxylic acids is 1. The molecule has 5 nitrogen and oxygen atoms in total. The number of nitrogens with zero attached hydrogens (tertiary/aromatic N) is 1. The Balaban J connectivity index is 2.05. The predicted octanol–water partition coefficient (Wildman–Crippen LogP) is 3.53. The summed E-state index contributed by atoms with van der Waals surface area (Å²) in [6.45, 7) is 3.70. The molecule has 20 heavy (non-hydrogen) atoms. The third kappa shape index (κ3) is 3.21. The number of nitro benzene ring substituents is 1. The van der Waals surface area contributed by atoms with E-state index in [1.54, 1.807) is 17.4 Å². The Kier molecular flexibility index (Phi) is 4.14. The molecule has 0 amide bonds. The number of hydrogen-bond acceptors (Lipinski definition) is 5. The molecule has 0 saturated heterocycles. The van der Waals surface area contributed by atoms with Gasteiger partial charge >= 0.3 is 0 Å². The second-order valence-corrected chi connectivity index (χ2v) is 5.75. The third-order valence-electron chi connectivity index (χ3n) is 2.74. The number of ketones is 1. The molecule has 6 heteroatoms. The molecule has 0 aliphatic carbocycles. The summed E-state index contributed by atoms with van der Waals surface area (Å²) in [5, 5.41) is 10.6. The van der Waals surface area contributed by atoms with Gasteiger partial charge in [0, 0.05) is 21.4 Å². The van der Waals surface area contributed by atoms with Gasteiger partial charge in [-0.2, -0.15) is 0 Å². The van der Waals surface area contributed by atoms with Gasteiger partial charge < -0.3 is 4.74 Å². The van der Waals surface area contributed by atoms with Crippen LogP contribution in [0.15, 0.2) is 30.3 Å². The minimum atomic E-state index is -0.499. The van der Waals surface area contributed by atoms with Crippen LogP contribution in [-0.2, 0) is 0 Å². The van der Waals surface area contributed by atoms with E-state index in [0.717, 1.165) is 9.75 Å². The zero-order valence-electron chi connectivity index (χ0n) is 11.1. The third-order valence-corrected chi connectivity index (χ3v) is 3.71. The summed E-state index contributed by atoms with van der Waals surface area (Å²) in [6, 6.07) is 7.63. The molecular formula is C14H13NO4S. The molecule has 2 rings (SSSR count). The Hall–Kier alpha value is -2.21.